The van der Waals surface area contributed by atoms with E-state index in [1.54, 1.807) is 0 Å². The first kappa shape index (κ1) is 17.5. The van der Waals surface area contributed by atoms with Crippen LogP contribution in [0.25, 0.3) is 21.3 Å². The standard InChI is InChI=1S/C17H23N5O3/c1-4-23-12(3)25-14-7-15-16(24-10-14)6-5-13-8-19-22(17(13)15)9-11(2)20-21-18/h5-6,8,11-12,14H,4,7,9-10H2,1-3H3/t11-,12?,14?/m0/s1. The number of hydrogen-bond acceptors (Lipinski definition) is 5. The van der Waals surface area contributed by atoms with Gasteiger partial charge < -0.3 is 14.2 Å². The Bertz CT molecular complexity index is 784. The molecule has 0 radical (unpaired) electrons. The fraction of sp³-hybridized carbons (Fsp3) is 0.588. The number of azide groups is 1. The largest absolute Gasteiger partial charge is 0.491 e. The third kappa shape index (κ3) is 3.87. The van der Waals surface area contributed by atoms with Crippen molar-refractivity contribution in [2.45, 2.75) is 52.2 Å². The van der Waals surface area contributed by atoms with Crippen LogP contribution in [0.1, 0.15) is 26.3 Å². The highest BCUT2D eigenvalue weighted by Crippen LogP contribution is 2.33. The second-order valence-electron chi connectivity index (χ2n) is 6.16. The molecule has 25 heavy (non-hydrogen) atoms. The smallest absolute Gasteiger partial charge is 0.155 e. The molecule has 1 aromatic heterocycles. The van der Waals surface area contributed by atoms with Crippen LogP contribution in [0.5, 0.6) is 5.75 Å². The number of hydrogen-bond donors (Lipinski definition) is 0. The van der Waals surface area contributed by atoms with Gasteiger partial charge in [-0.15, -0.1) is 0 Å². The van der Waals surface area contributed by atoms with Crippen molar-refractivity contribution >= 4 is 10.9 Å². The minimum absolute atomic E-state index is 0.0717. The van der Waals surface area contributed by atoms with Crippen molar-refractivity contribution in [3.05, 3.63) is 34.3 Å². The predicted molar refractivity (Wildman–Crippen MR) is 93.5 cm³/mol. The first-order chi connectivity index (χ1) is 12.1. The predicted octanol–water partition coefficient (Wildman–Crippen LogP) is 3.44. The summed E-state index contributed by atoms with van der Waals surface area (Å²) in [6.07, 6.45) is 2.21. The van der Waals surface area contributed by atoms with Gasteiger partial charge >= 0.3 is 0 Å². The summed E-state index contributed by atoms with van der Waals surface area (Å²) >= 11 is 0. The molecular weight excluding hydrogens is 322 g/mol. The molecule has 2 aromatic rings. The number of benzene rings is 1. The summed E-state index contributed by atoms with van der Waals surface area (Å²) in [6.45, 7) is 7.34. The van der Waals surface area contributed by atoms with Crippen LogP contribution in [0.3, 0.4) is 0 Å². The maximum Gasteiger partial charge on any atom is 0.155 e. The molecule has 134 valence electrons. The first-order valence-electron chi connectivity index (χ1n) is 8.53. The maximum absolute atomic E-state index is 8.61. The molecule has 1 aliphatic heterocycles. The highest BCUT2D eigenvalue weighted by atomic mass is 16.7. The lowest BCUT2D eigenvalue weighted by atomic mass is 10.0. The van der Waals surface area contributed by atoms with Crippen molar-refractivity contribution in [1.29, 1.82) is 0 Å². The van der Waals surface area contributed by atoms with E-state index >= 15 is 0 Å². The Balaban J connectivity index is 1.88. The Morgan fingerprint density at radius 1 is 1.48 bits per heavy atom. The minimum atomic E-state index is -0.269. The number of fused-ring (bicyclic) bond motifs is 3. The van der Waals surface area contributed by atoms with Crippen molar-refractivity contribution < 1.29 is 14.2 Å². The lowest BCUT2D eigenvalue weighted by molar-refractivity contribution is -0.165. The second-order valence-corrected chi connectivity index (χ2v) is 6.16. The van der Waals surface area contributed by atoms with E-state index < -0.39 is 0 Å². The molecule has 0 fully saturated rings. The average Bonchev–Trinajstić information content (AvgIpc) is 2.98. The third-order valence-corrected chi connectivity index (χ3v) is 4.19. The van der Waals surface area contributed by atoms with Crippen molar-refractivity contribution in [3.63, 3.8) is 0 Å². The molecule has 0 amide bonds. The quantitative estimate of drug-likeness (QED) is 0.332. The molecule has 2 heterocycles. The van der Waals surface area contributed by atoms with Gasteiger partial charge in [0.2, 0.25) is 0 Å². The van der Waals surface area contributed by atoms with Gasteiger partial charge in [-0.05, 0) is 31.5 Å². The number of aromatic nitrogens is 2. The summed E-state index contributed by atoms with van der Waals surface area (Å²) in [7, 11) is 0. The minimum Gasteiger partial charge on any atom is -0.491 e. The van der Waals surface area contributed by atoms with Gasteiger partial charge in [0.25, 0.3) is 0 Å². The molecule has 0 saturated heterocycles. The van der Waals surface area contributed by atoms with Crippen molar-refractivity contribution in [2.24, 2.45) is 5.11 Å². The van der Waals surface area contributed by atoms with Gasteiger partial charge in [-0.2, -0.15) is 5.10 Å². The fourth-order valence-corrected chi connectivity index (χ4v) is 3.18. The van der Waals surface area contributed by atoms with Crippen LogP contribution < -0.4 is 4.74 Å². The molecule has 3 atom stereocenters. The Hall–Kier alpha value is -2.28. The van der Waals surface area contributed by atoms with Crippen LogP contribution in [0.2, 0.25) is 0 Å². The zero-order valence-electron chi connectivity index (χ0n) is 14.8. The lowest BCUT2D eigenvalue weighted by Gasteiger charge is -2.28. The molecule has 2 unspecified atom stereocenters. The average molecular weight is 345 g/mol. The zero-order chi connectivity index (χ0) is 17.8. The maximum atomic E-state index is 8.61. The molecule has 0 aliphatic carbocycles. The van der Waals surface area contributed by atoms with E-state index in [0.29, 0.717) is 19.8 Å². The van der Waals surface area contributed by atoms with Crippen LogP contribution in [-0.2, 0) is 22.4 Å². The van der Waals surface area contributed by atoms with Gasteiger partial charge in [0, 0.05) is 35.4 Å². The molecule has 0 spiro atoms. The molecule has 1 aromatic carbocycles. The van der Waals surface area contributed by atoms with Crippen molar-refractivity contribution in [2.75, 3.05) is 13.2 Å². The van der Waals surface area contributed by atoms with Crippen LogP contribution in [0.4, 0.5) is 0 Å². The molecule has 3 rings (SSSR count). The Kier molecular flexibility index (Phi) is 5.43. The third-order valence-electron chi connectivity index (χ3n) is 4.19. The van der Waals surface area contributed by atoms with Gasteiger partial charge in [0.15, 0.2) is 6.29 Å². The second kappa shape index (κ2) is 7.74. The van der Waals surface area contributed by atoms with Gasteiger partial charge in [0.05, 0.1) is 23.9 Å². The first-order valence-corrected chi connectivity index (χ1v) is 8.53. The van der Waals surface area contributed by atoms with Crippen LogP contribution >= 0.6 is 0 Å². The highest BCUT2D eigenvalue weighted by molar-refractivity contribution is 5.84. The number of rotatable bonds is 7. The van der Waals surface area contributed by atoms with Gasteiger partial charge in [-0.25, -0.2) is 0 Å². The summed E-state index contributed by atoms with van der Waals surface area (Å²) in [5.74, 6) is 0.856. The summed E-state index contributed by atoms with van der Waals surface area (Å²) in [5, 5.41) is 9.23. The van der Waals surface area contributed by atoms with Crippen molar-refractivity contribution in [1.82, 2.24) is 9.78 Å². The van der Waals surface area contributed by atoms with E-state index in [0.717, 1.165) is 28.6 Å². The molecule has 8 heteroatoms. The van der Waals surface area contributed by atoms with E-state index in [2.05, 4.69) is 15.1 Å². The topological polar surface area (TPSA) is 94.3 Å². The van der Waals surface area contributed by atoms with E-state index in [4.69, 9.17) is 19.7 Å². The number of nitrogens with zero attached hydrogens (tertiary/aromatic N) is 5. The van der Waals surface area contributed by atoms with Gasteiger partial charge in [-0.1, -0.05) is 12.0 Å². The summed E-state index contributed by atoms with van der Waals surface area (Å²) in [4.78, 5) is 2.87. The summed E-state index contributed by atoms with van der Waals surface area (Å²) < 4.78 is 19.2. The van der Waals surface area contributed by atoms with E-state index in [1.165, 1.54) is 0 Å². The summed E-state index contributed by atoms with van der Waals surface area (Å²) in [5.41, 5.74) is 10.7. The van der Waals surface area contributed by atoms with E-state index in [-0.39, 0.29) is 18.4 Å². The van der Waals surface area contributed by atoms with Crippen LogP contribution in [-0.4, -0.2) is 41.4 Å². The Morgan fingerprint density at radius 2 is 2.32 bits per heavy atom. The van der Waals surface area contributed by atoms with Crippen molar-refractivity contribution in [3.8, 4) is 5.75 Å². The fourth-order valence-electron chi connectivity index (χ4n) is 3.18. The van der Waals surface area contributed by atoms with E-state index in [1.807, 2.05) is 43.8 Å². The normalized spacial score (nSPS) is 18.9. The number of ether oxygens (including phenoxy) is 3. The SMILES string of the molecule is CCOC(C)OC1COc2ccc3cnn(C[C@H](C)N=[N+]=[N-])c3c2C1. The van der Waals surface area contributed by atoms with Gasteiger partial charge in [-0.3, -0.25) is 4.68 Å². The van der Waals surface area contributed by atoms with Crippen LogP contribution in [0.15, 0.2) is 23.4 Å². The van der Waals surface area contributed by atoms with Gasteiger partial charge in [0.1, 0.15) is 12.4 Å². The highest BCUT2D eigenvalue weighted by Gasteiger charge is 2.26. The van der Waals surface area contributed by atoms with Crippen LogP contribution in [0, 0.1) is 0 Å². The Morgan fingerprint density at radius 3 is 3.08 bits per heavy atom. The molecule has 8 nitrogen and oxygen atoms in total. The monoisotopic (exact) mass is 345 g/mol. The molecule has 0 N–H and O–H groups in total. The summed E-state index contributed by atoms with van der Waals surface area (Å²) in [6, 6.07) is 3.79. The zero-order valence-corrected chi connectivity index (χ0v) is 14.8. The lowest BCUT2D eigenvalue weighted by Crippen LogP contribution is -2.33. The molecule has 0 bridgehead atoms. The Labute approximate surface area is 146 Å². The molecule has 1 aliphatic rings. The molecular formula is C17H23N5O3. The molecule has 0 saturated carbocycles. The van der Waals surface area contributed by atoms with E-state index in [9.17, 15) is 0 Å².